The van der Waals surface area contributed by atoms with Crippen LogP contribution in [0.1, 0.15) is 25.3 Å². The highest BCUT2D eigenvalue weighted by Crippen LogP contribution is 2.15. The third-order valence-corrected chi connectivity index (χ3v) is 2.90. The summed E-state index contributed by atoms with van der Waals surface area (Å²) in [6, 6.07) is 11.9. The molecule has 1 aromatic carbocycles. The van der Waals surface area contributed by atoms with Gasteiger partial charge < -0.3 is 4.74 Å². The number of likely N-dealkylation sites (N-methyl/N-ethyl adjacent to an activating group) is 1. The first-order valence-corrected chi connectivity index (χ1v) is 6.53. The summed E-state index contributed by atoms with van der Waals surface area (Å²) in [5.74, 6) is -0.468. The fraction of sp³-hybridized carbons (Fsp3) is 0.467. The van der Waals surface area contributed by atoms with Crippen LogP contribution in [0.15, 0.2) is 30.3 Å². The number of esters is 1. The maximum atomic E-state index is 11.5. The lowest BCUT2D eigenvalue weighted by atomic mass is 10.0. The Kier molecular flexibility index (Phi) is 6.62. The zero-order valence-electron chi connectivity index (χ0n) is 11.5. The molecule has 0 saturated carbocycles. The average molecular weight is 260 g/mol. The highest BCUT2D eigenvalue weighted by atomic mass is 16.5. The second-order valence-corrected chi connectivity index (χ2v) is 4.23. The topological polar surface area (TPSA) is 53.3 Å². The number of ether oxygens (including phenoxy) is 1. The molecule has 4 heteroatoms. The molecular weight excluding hydrogens is 240 g/mol. The minimum Gasteiger partial charge on any atom is -0.465 e. The van der Waals surface area contributed by atoms with E-state index in [2.05, 4.69) is 6.07 Å². The van der Waals surface area contributed by atoms with Crippen LogP contribution in [0, 0.1) is 11.3 Å². The first-order valence-electron chi connectivity index (χ1n) is 6.53. The van der Waals surface area contributed by atoms with Gasteiger partial charge >= 0.3 is 5.97 Å². The van der Waals surface area contributed by atoms with Crippen LogP contribution >= 0.6 is 0 Å². The van der Waals surface area contributed by atoms with E-state index in [1.807, 2.05) is 42.2 Å². The number of hydrogen-bond donors (Lipinski definition) is 0. The molecule has 0 saturated heterocycles. The van der Waals surface area contributed by atoms with Gasteiger partial charge in [-0.1, -0.05) is 37.3 Å². The Bertz CT molecular complexity index is 426. The van der Waals surface area contributed by atoms with Crippen molar-refractivity contribution in [2.75, 3.05) is 26.2 Å². The molecule has 0 heterocycles. The van der Waals surface area contributed by atoms with Crippen molar-refractivity contribution in [3.63, 3.8) is 0 Å². The molecule has 0 amide bonds. The Balaban J connectivity index is 2.63. The van der Waals surface area contributed by atoms with E-state index in [0.29, 0.717) is 19.7 Å². The second kappa shape index (κ2) is 8.28. The van der Waals surface area contributed by atoms with Crippen molar-refractivity contribution in [3.8, 4) is 6.07 Å². The van der Waals surface area contributed by atoms with Crippen molar-refractivity contribution >= 4 is 5.97 Å². The van der Waals surface area contributed by atoms with Crippen LogP contribution in [0.2, 0.25) is 0 Å². The van der Waals surface area contributed by atoms with Gasteiger partial charge in [0.2, 0.25) is 0 Å². The summed E-state index contributed by atoms with van der Waals surface area (Å²) in [5.41, 5.74) is 0.979. The summed E-state index contributed by atoms with van der Waals surface area (Å²) >= 11 is 0. The Morgan fingerprint density at radius 2 is 2.05 bits per heavy atom. The van der Waals surface area contributed by atoms with Crippen LogP contribution in [0.25, 0.3) is 0 Å². The lowest BCUT2D eigenvalue weighted by Crippen LogP contribution is -2.34. The number of nitrogens with zero attached hydrogens (tertiary/aromatic N) is 2. The SMILES string of the molecule is CCOC(=O)CN(CC)CC(C#N)c1ccccc1. The van der Waals surface area contributed by atoms with Gasteiger partial charge in [0.15, 0.2) is 0 Å². The molecular formula is C15H20N2O2. The zero-order chi connectivity index (χ0) is 14.1. The van der Waals surface area contributed by atoms with Crippen molar-refractivity contribution < 1.29 is 9.53 Å². The summed E-state index contributed by atoms with van der Waals surface area (Å²) in [5, 5.41) is 9.27. The Labute approximate surface area is 114 Å². The first kappa shape index (κ1) is 15.2. The van der Waals surface area contributed by atoms with Crippen LogP contribution in [0.5, 0.6) is 0 Å². The van der Waals surface area contributed by atoms with Crippen LogP contribution in [-0.4, -0.2) is 37.1 Å². The minimum absolute atomic E-state index is 0.226. The van der Waals surface area contributed by atoms with Gasteiger partial charge in [0.1, 0.15) is 0 Å². The van der Waals surface area contributed by atoms with Gasteiger partial charge in [-0.25, -0.2) is 0 Å². The summed E-state index contributed by atoms with van der Waals surface area (Å²) < 4.78 is 4.93. The third-order valence-electron chi connectivity index (χ3n) is 2.90. The van der Waals surface area contributed by atoms with E-state index >= 15 is 0 Å². The van der Waals surface area contributed by atoms with Gasteiger partial charge in [0.05, 0.1) is 25.1 Å². The van der Waals surface area contributed by atoms with E-state index in [4.69, 9.17) is 4.74 Å². The minimum atomic E-state index is -0.242. The Hall–Kier alpha value is -1.86. The molecule has 1 aromatic rings. The van der Waals surface area contributed by atoms with Gasteiger partial charge in [-0.15, -0.1) is 0 Å². The maximum Gasteiger partial charge on any atom is 0.320 e. The summed E-state index contributed by atoms with van der Waals surface area (Å²) in [6.45, 7) is 5.63. The van der Waals surface area contributed by atoms with Crippen molar-refractivity contribution in [2.24, 2.45) is 0 Å². The van der Waals surface area contributed by atoms with E-state index in [0.717, 1.165) is 5.56 Å². The van der Waals surface area contributed by atoms with Gasteiger partial charge in [0.25, 0.3) is 0 Å². The van der Waals surface area contributed by atoms with Gasteiger partial charge in [-0.2, -0.15) is 5.26 Å². The number of hydrogen-bond acceptors (Lipinski definition) is 4. The average Bonchev–Trinajstić information content (AvgIpc) is 2.44. The highest BCUT2D eigenvalue weighted by molar-refractivity contribution is 5.71. The smallest absolute Gasteiger partial charge is 0.320 e. The fourth-order valence-electron chi connectivity index (χ4n) is 1.86. The van der Waals surface area contributed by atoms with Crippen LogP contribution in [-0.2, 0) is 9.53 Å². The fourth-order valence-corrected chi connectivity index (χ4v) is 1.86. The van der Waals surface area contributed by atoms with E-state index in [-0.39, 0.29) is 18.4 Å². The number of benzene rings is 1. The number of rotatable bonds is 7. The van der Waals surface area contributed by atoms with E-state index in [9.17, 15) is 10.1 Å². The molecule has 0 fully saturated rings. The molecule has 0 spiro atoms. The van der Waals surface area contributed by atoms with Gasteiger partial charge in [0, 0.05) is 6.54 Å². The molecule has 0 aliphatic heterocycles. The molecule has 1 unspecified atom stereocenters. The standard InChI is InChI=1S/C15H20N2O2/c1-3-17(12-15(18)19-4-2)11-14(10-16)13-8-6-5-7-9-13/h5-9,14H,3-4,11-12H2,1-2H3. The predicted octanol–water partition coefficient (Wildman–Crippen LogP) is 2.18. The van der Waals surface area contributed by atoms with Crippen molar-refractivity contribution in [1.82, 2.24) is 4.90 Å². The lowest BCUT2D eigenvalue weighted by Gasteiger charge is -2.22. The van der Waals surface area contributed by atoms with Crippen LogP contribution < -0.4 is 0 Å². The third kappa shape index (κ3) is 5.11. The molecule has 1 atom stereocenters. The molecule has 0 radical (unpaired) electrons. The molecule has 0 aromatic heterocycles. The van der Waals surface area contributed by atoms with E-state index in [1.54, 1.807) is 6.92 Å². The predicted molar refractivity (Wildman–Crippen MR) is 73.5 cm³/mol. The Morgan fingerprint density at radius 3 is 2.58 bits per heavy atom. The van der Waals surface area contributed by atoms with E-state index < -0.39 is 0 Å². The largest absolute Gasteiger partial charge is 0.465 e. The lowest BCUT2D eigenvalue weighted by molar-refractivity contribution is -0.144. The van der Waals surface area contributed by atoms with Crippen LogP contribution in [0.3, 0.4) is 0 Å². The quantitative estimate of drug-likeness (QED) is 0.705. The molecule has 4 nitrogen and oxygen atoms in total. The molecule has 0 aliphatic carbocycles. The highest BCUT2D eigenvalue weighted by Gasteiger charge is 2.17. The first-order chi connectivity index (χ1) is 9.21. The van der Waals surface area contributed by atoms with Crippen molar-refractivity contribution in [2.45, 2.75) is 19.8 Å². The van der Waals surface area contributed by atoms with Crippen molar-refractivity contribution in [3.05, 3.63) is 35.9 Å². The molecule has 0 N–H and O–H groups in total. The molecule has 0 aliphatic rings. The van der Waals surface area contributed by atoms with Gasteiger partial charge in [-0.3, -0.25) is 9.69 Å². The summed E-state index contributed by atoms with van der Waals surface area (Å²) in [7, 11) is 0. The van der Waals surface area contributed by atoms with Crippen molar-refractivity contribution in [1.29, 1.82) is 5.26 Å². The maximum absolute atomic E-state index is 11.5. The summed E-state index contributed by atoms with van der Waals surface area (Å²) in [6.07, 6.45) is 0. The number of carbonyl (C=O) groups is 1. The summed E-state index contributed by atoms with van der Waals surface area (Å²) in [4.78, 5) is 13.4. The number of carbonyl (C=O) groups excluding carboxylic acids is 1. The normalized spacial score (nSPS) is 11.9. The monoisotopic (exact) mass is 260 g/mol. The zero-order valence-corrected chi connectivity index (χ0v) is 11.5. The number of nitriles is 1. The second-order valence-electron chi connectivity index (χ2n) is 4.23. The van der Waals surface area contributed by atoms with Gasteiger partial charge in [-0.05, 0) is 19.0 Å². The molecule has 0 bridgehead atoms. The van der Waals surface area contributed by atoms with Crippen LogP contribution in [0.4, 0.5) is 0 Å². The molecule has 102 valence electrons. The van der Waals surface area contributed by atoms with E-state index in [1.165, 1.54) is 0 Å². The Morgan fingerprint density at radius 1 is 1.37 bits per heavy atom. The molecule has 1 rings (SSSR count). The molecule has 19 heavy (non-hydrogen) atoms.